The molecule has 39 heavy (non-hydrogen) atoms. The first-order valence-corrected chi connectivity index (χ1v) is 14.8. The van der Waals surface area contributed by atoms with Gasteiger partial charge in [0.05, 0.1) is 22.0 Å². The molecule has 208 valence electrons. The van der Waals surface area contributed by atoms with E-state index in [2.05, 4.69) is 5.32 Å². The van der Waals surface area contributed by atoms with E-state index in [4.69, 9.17) is 23.2 Å². The third-order valence-electron chi connectivity index (χ3n) is 5.87. The maximum absolute atomic E-state index is 14.7. The molecule has 1 N–H and O–H groups in total. The highest BCUT2D eigenvalue weighted by Gasteiger charge is 2.33. The monoisotopic (exact) mass is 593 g/mol. The van der Waals surface area contributed by atoms with Crippen LogP contribution in [-0.4, -0.2) is 50.0 Å². The van der Waals surface area contributed by atoms with Crippen LogP contribution in [0.3, 0.4) is 0 Å². The average molecular weight is 595 g/mol. The Morgan fingerprint density at radius 2 is 1.59 bits per heavy atom. The number of amides is 2. The number of hydrogen-bond acceptors (Lipinski definition) is 4. The van der Waals surface area contributed by atoms with Crippen LogP contribution >= 0.6 is 23.2 Å². The normalized spacial score (nSPS) is 12.2. The standard InChI is InChI=1S/C28H30Cl2FN3O4S/c1-19(2)32-28(36)26(15-20-9-5-4-6-10-20)33(17-21-11-7-8-12-25(21)31)27(35)18-34(39(3,37)38)22-13-14-23(29)24(30)16-22/h4-14,16,19,26H,15,17-18H2,1-3H3,(H,32,36). The number of nitrogens with one attached hydrogen (secondary N) is 1. The lowest BCUT2D eigenvalue weighted by molar-refractivity contribution is -0.140. The zero-order valence-electron chi connectivity index (χ0n) is 21.8. The van der Waals surface area contributed by atoms with Gasteiger partial charge >= 0.3 is 0 Å². The van der Waals surface area contributed by atoms with Crippen LogP contribution in [-0.2, 0) is 32.6 Å². The van der Waals surface area contributed by atoms with E-state index in [0.29, 0.717) is 0 Å². The predicted molar refractivity (Wildman–Crippen MR) is 153 cm³/mol. The van der Waals surface area contributed by atoms with Crippen LogP contribution in [0.25, 0.3) is 0 Å². The lowest BCUT2D eigenvalue weighted by Crippen LogP contribution is -2.54. The van der Waals surface area contributed by atoms with Crippen molar-refractivity contribution in [2.24, 2.45) is 0 Å². The number of carbonyl (C=O) groups is 2. The Morgan fingerprint density at radius 3 is 2.18 bits per heavy atom. The molecule has 0 heterocycles. The second-order valence-electron chi connectivity index (χ2n) is 9.35. The van der Waals surface area contributed by atoms with Gasteiger partial charge in [0.1, 0.15) is 18.4 Å². The van der Waals surface area contributed by atoms with Gasteiger partial charge in [-0.05, 0) is 43.7 Å². The van der Waals surface area contributed by atoms with Crippen LogP contribution < -0.4 is 9.62 Å². The Bertz CT molecular complexity index is 1420. The Labute approximate surface area is 238 Å². The Balaban J connectivity index is 2.08. The van der Waals surface area contributed by atoms with Gasteiger partial charge in [-0.15, -0.1) is 0 Å². The number of nitrogens with zero attached hydrogens (tertiary/aromatic N) is 2. The molecular formula is C28H30Cl2FN3O4S. The van der Waals surface area contributed by atoms with Crippen molar-refractivity contribution >= 4 is 50.7 Å². The largest absolute Gasteiger partial charge is 0.352 e. The van der Waals surface area contributed by atoms with Crippen molar-refractivity contribution in [2.45, 2.75) is 38.9 Å². The van der Waals surface area contributed by atoms with E-state index in [1.165, 1.54) is 41.3 Å². The van der Waals surface area contributed by atoms with Crippen LogP contribution in [0.2, 0.25) is 10.0 Å². The van der Waals surface area contributed by atoms with E-state index in [-0.39, 0.29) is 40.3 Å². The first kappa shape index (κ1) is 30.4. The third-order valence-corrected chi connectivity index (χ3v) is 7.75. The second-order valence-corrected chi connectivity index (χ2v) is 12.1. The van der Waals surface area contributed by atoms with Crippen molar-refractivity contribution in [3.8, 4) is 0 Å². The van der Waals surface area contributed by atoms with Gasteiger partial charge < -0.3 is 10.2 Å². The Kier molecular flexibility index (Phi) is 10.4. The smallest absolute Gasteiger partial charge is 0.244 e. The number of benzene rings is 3. The lowest BCUT2D eigenvalue weighted by Gasteiger charge is -2.34. The molecule has 0 aliphatic carbocycles. The van der Waals surface area contributed by atoms with Crippen molar-refractivity contribution in [3.63, 3.8) is 0 Å². The van der Waals surface area contributed by atoms with Crippen molar-refractivity contribution < 1.29 is 22.4 Å². The highest BCUT2D eigenvalue weighted by atomic mass is 35.5. The molecule has 0 aliphatic rings. The molecule has 1 unspecified atom stereocenters. The molecule has 0 aromatic heterocycles. The second kappa shape index (κ2) is 13.3. The van der Waals surface area contributed by atoms with Gasteiger partial charge in [0, 0.05) is 24.6 Å². The highest BCUT2D eigenvalue weighted by Crippen LogP contribution is 2.29. The third kappa shape index (κ3) is 8.42. The number of anilines is 1. The van der Waals surface area contributed by atoms with Crippen LogP contribution in [0, 0.1) is 5.82 Å². The van der Waals surface area contributed by atoms with E-state index < -0.39 is 40.2 Å². The van der Waals surface area contributed by atoms with Gasteiger partial charge in [0.25, 0.3) is 0 Å². The molecule has 0 radical (unpaired) electrons. The van der Waals surface area contributed by atoms with Crippen LogP contribution in [0.5, 0.6) is 0 Å². The number of rotatable bonds is 11. The quantitative estimate of drug-likeness (QED) is 0.336. The van der Waals surface area contributed by atoms with Crippen molar-refractivity contribution in [1.29, 1.82) is 0 Å². The first-order valence-electron chi connectivity index (χ1n) is 12.2. The van der Waals surface area contributed by atoms with E-state index >= 15 is 0 Å². The molecule has 2 amide bonds. The SMILES string of the molecule is CC(C)NC(=O)C(Cc1ccccc1)N(Cc1ccccc1F)C(=O)CN(c1ccc(Cl)c(Cl)c1)S(C)(=O)=O. The summed E-state index contributed by atoms with van der Waals surface area (Å²) in [6, 6.07) is 17.9. The zero-order chi connectivity index (χ0) is 28.7. The van der Waals surface area contributed by atoms with Gasteiger partial charge in [-0.25, -0.2) is 12.8 Å². The molecule has 7 nitrogen and oxygen atoms in total. The summed E-state index contributed by atoms with van der Waals surface area (Å²) in [5.41, 5.74) is 1.08. The summed E-state index contributed by atoms with van der Waals surface area (Å²) in [4.78, 5) is 28.6. The summed E-state index contributed by atoms with van der Waals surface area (Å²) in [7, 11) is -3.97. The molecular weight excluding hydrogens is 564 g/mol. The van der Waals surface area contributed by atoms with Crippen LogP contribution in [0.1, 0.15) is 25.0 Å². The van der Waals surface area contributed by atoms with Crippen LogP contribution in [0.4, 0.5) is 10.1 Å². The predicted octanol–water partition coefficient (Wildman–Crippen LogP) is 5.06. The molecule has 0 aliphatic heterocycles. The van der Waals surface area contributed by atoms with Gasteiger partial charge in [0.2, 0.25) is 21.8 Å². The summed E-state index contributed by atoms with van der Waals surface area (Å²) in [5.74, 6) is -1.70. The number of carbonyl (C=O) groups excluding carboxylic acids is 2. The maximum atomic E-state index is 14.7. The van der Waals surface area contributed by atoms with Crippen molar-refractivity contribution in [3.05, 3.63) is 99.8 Å². The summed E-state index contributed by atoms with van der Waals surface area (Å²) in [5, 5.41) is 3.16. The molecule has 3 aromatic rings. The summed E-state index contributed by atoms with van der Waals surface area (Å²) < 4.78 is 41.2. The van der Waals surface area contributed by atoms with Gasteiger partial charge in [-0.1, -0.05) is 71.7 Å². The Morgan fingerprint density at radius 1 is 0.949 bits per heavy atom. The fraction of sp³-hybridized carbons (Fsp3) is 0.286. The number of halogens is 3. The molecule has 0 fully saturated rings. The summed E-state index contributed by atoms with van der Waals surface area (Å²) in [6.07, 6.45) is 1.09. The van der Waals surface area contributed by atoms with E-state index in [1.807, 2.05) is 30.3 Å². The maximum Gasteiger partial charge on any atom is 0.244 e. The number of sulfonamides is 1. The molecule has 0 bridgehead atoms. The highest BCUT2D eigenvalue weighted by molar-refractivity contribution is 7.92. The molecule has 0 saturated carbocycles. The van der Waals surface area contributed by atoms with Crippen molar-refractivity contribution in [1.82, 2.24) is 10.2 Å². The molecule has 0 saturated heterocycles. The minimum atomic E-state index is -3.97. The molecule has 3 rings (SSSR count). The fourth-order valence-electron chi connectivity index (χ4n) is 4.00. The minimum Gasteiger partial charge on any atom is -0.352 e. The van der Waals surface area contributed by atoms with E-state index in [0.717, 1.165) is 16.1 Å². The lowest BCUT2D eigenvalue weighted by atomic mass is 10.0. The molecule has 11 heteroatoms. The average Bonchev–Trinajstić information content (AvgIpc) is 2.87. The summed E-state index contributed by atoms with van der Waals surface area (Å²) in [6.45, 7) is 2.67. The number of hydrogen-bond donors (Lipinski definition) is 1. The van der Waals surface area contributed by atoms with E-state index in [9.17, 15) is 22.4 Å². The fourth-order valence-corrected chi connectivity index (χ4v) is 5.13. The molecule has 0 spiro atoms. The minimum absolute atomic E-state index is 0.108. The van der Waals surface area contributed by atoms with E-state index in [1.54, 1.807) is 19.9 Å². The van der Waals surface area contributed by atoms with Crippen molar-refractivity contribution in [2.75, 3.05) is 17.1 Å². The van der Waals surface area contributed by atoms with Gasteiger partial charge in [-0.3, -0.25) is 13.9 Å². The van der Waals surface area contributed by atoms with Crippen LogP contribution in [0.15, 0.2) is 72.8 Å². The summed E-state index contributed by atoms with van der Waals surface area (Å²) >= 11 is 12.1. The Hall–Kier alpha value is -3.14. The molecule has 3 aromatic carbocycles. The van der Waals surface area contributed by atoms with Gasteiger partial charge in [-0.2, -0.15) is 0 Å². The zero-order valence-corrected chi connectivity index (χ0v) is 24.1. The van der Waals surface area contributed by atoms with Gasteiger partial charge in [0.15, 0.2) is 0 Å². The topological polar surface area (TPSA) is 86.8 Å². The first-order chi connectivity index (χ1) is 18.4. The molecule has 1 atom stereocenters.